The zero-order chi connectivity index (χ0) is 10.6. The Labute approximate surface area is 82.1 Å². The highest BCUT2D eigenvalue weighted by atomic mass is 16.4. The van der Waals surface area contributed by atoms with Crippen LogP contribution in [-0.2, 0) is 9.59 Å². The SMILES string of the molecule is O=C(O)CC1(C(=O)O)CCCNCC1. The summed E-state index contributed by atoms with van der Waals surface area (Å²) >= 11 is 0. The van der Waals surface area contributed by atoms with Gasteiger partial charge in [-0.2, -0.15) is 0 Å². The zero-order valence-electron chi connectivity index (χ0n) is 7.95. The Kier molecular flexibility index (Phi) is 3.46. The van der Waals surface area contributed by atoms with Crippen LogP contribution in [0.5, 0.6) is 0 Å². The van der Waals surface area contributed by atoms with Gasteiger partial charge in [0.15, 0.2) is 0 Å². The smallest absolute Gasteiger partial charge is 0.310 e. The average Bonchev–Trinajstić information content (AvgIpc) is 2.29. The van der Waals surface area contributed by atoms with Crippen molar-refractivity contribution < 1.29 is 19.8 Å². The van der Waals surface area contributed by atoms with E-state index in [1.165, 1.54) is 0 Å². The van der Waals surface area contributed by atoms with Crippen molar-refractivity contribution in [3.05, 3.63) is 0 Å². The first-order valence-corrected chi connectivity index (χ1v) is 4.73. The molecule has 0 aliphatic carbocycles. The molecule has 0 spiro atoms. The van der Waals surface area contributed by atoms with Crippen LogP contribution >= 0.6 is 0 Å². The normalized spacial score (nSPS) is 28.0. The lowest BCUT2D eigenvalue weighted by Crippen LogP contribution is -2.34. The highest BCUT2D eigenvalue weighted by Crippen LogP contribution is 2.33. The second kappa shape index (κ2) is 4.41. The summed E-state index contributed by atoms with van der Waals surface area (Å²) in [5, 5.41) is 20.8. The number of aliphatic carboxylic acids is 2. The van der Waals surface area contributed by atoms with Crippen LogP contribution < -0.4 is 5.32 Å². The summed E-state index contributed by atoms with van der Waals surface area (Å²) in [6.07, 6.45) is 1.29. The number of hydrogen-bond donors (Lipinski definition) is 3. The van der Waals surface area contributed by atoms with Gasteiger partial charge in [-0.25, -0.2) is 0 Å². The molecule has 3 N–H and O–H groups in total. The molecule has 1 fully saturated rings. The van der Waals surface area contributed by atoms with Crippen molar-refractivity contribution in [2.75, 3.05) is 13.1 Å². The van der Waals surface area contributed by atoms with Crippen molar-refractivity contribution in [3.63, 3.8) is 0 Å². The predicted molar refractivity (Wildman–Crippen MR) is 49.0 cm³/mol. The van der Waals surface area contributed by atoms with Crippen LogP contribution in [-0.4, -0.2) is 35.2 Å². The Morgan fingerprint density at radius 1 is 1.21 bits per heavy atom. The fourth-order valence-corrected chi connectivity index (χ4v) is 1.89. The third-order valence-corrected chi connectivity index (χ3v) is 2.73. The number of rotatable bonds is 3. The first-order valence-electron chi connectivity index (χ1n) is 4.73. The van der Waals surface area contributed by atoms with Gasteiger partial charge >= 0.3 is 11.9 Å². The monoisotopic (exact) mass is 201 g/mol. The van der Waals surface area contributed by atoms with Crippen LogP contribution in [0.25, 0.3) is 0 Å². The van der Waals surface area contributed by atoms with Crippen LogP contribution in [0.15, 0.2) is 0 Å². The summed E-state index contributed by atoms with van der Waals surface area (Å²) in [6, 6.07) is 0. The van der Waals surface area contributed by atoms with E-state index in [4.69, 9.17) is 10.2 Å². The van der Waals surface area contributed by atoms with Gasteiger partial charge in [0, 0.05) is 0 Å². The quantitative estimate of drug-likeness (QED) is 0.611. The molecule has 0 amide bonds. The molecule has 1 aliphatic rings. The summed E-state index contributed by atoms with van der Waals surface area (Å²) in [7, 11) is 0. The predicted octanol–water partition coefficient (Wildman–Crippen LogP) is 0.306. The third kappa shape index (κ3) is 2.45. The third-order valence-electron chi connectivity index (χ3n) is 2.73. The van der Waals surface area contributed by atoms with Gasteiger partial charge in [-0.05, 0) is 32.4 Å². The molecule has 0 bridgehead atoms. The fraction of sp³-hybridized carbons (Fsp3) is 0.778. The molecule has 80 valence electrons. The van der Waals surface area contributed by atoms with Gasteiger partial charge in [0.05, 0.1) is 11.8 Å². The summed E-state index contributed by atoms with van der Waals surface area (Å²) in [5.41, 5.74) is -1.06. The van der Waals surface area contributed by atoms with E-state index in [9.17, 15) is 9.59 Å². The maximum atomic E-state index is 11.1. The molecule has 0 aromatic rings. The Hall–Kier alpha value is -1.10. The molecular weight excluding hydrogens is 186 g/mol. The van der Waals surface area contributed by atoms with Crippen LogP contribution in [0.3, 0.4) is 0 Å². The minimum Gasteiger partial charge on any atom is -0.481 e. The van der Waals surface area contributed by atoms with E-state index in [2.05, 4.69) is 5.32 Å². The van der Waals surface area contributed by atoms with Crippen molar-refractivity contribution in [1.82, 2.24) is 5.32 Å². The lowest BCUT2D eigenvalue weighted by atomic mass is 9.78. The molecule has 1 saturated heterocycles. The van der Waals surface area contributed by atoms with E-state index in [0.29, 0.717) is 19.4 Å². The molecule has 5 heteroatoms. The molecule has 1 rings (SSSR count). The second-order valence-electron chi connectivity index (χ2n) is 3.76. The zero-order valence-corrected chi connectivity index (χ0v) is 7.95. The number of carboxylic acids is 2. The van der Waals surface area contributed by atoms with Crippen molar-refractivity contribution >= 4 is 11.9 Å². The van der Waals surface area contributed by atoms with Crippen molar-refractivity contribution in [2.45, 2.75) is 25.7 Å². The molecule has 0 aromatic carbocycles. The van der Waals surface area contributed by atoms with Crippen LogP contribution in [0.2, 0.25) is 0 Å². The van der Waals surface area contributed by atoms with Crippen molar-refractivity contribution in [1.29, 1.82) is 0 Å². The highest BCUT2D eigenvalue weighted by Gasteiger charge is 2.40. The van der Waals surface area contributed by atoms with E-state index in [1.807, 2.05) is 0 Å². The number of carboxylic acid groups (broad SMARTS) is 2. The lowest BCUT2D eigenvalue weighted by molar-refractivity contribution is -0.156. The van der Waals surface area contributed by atoms with E-state index in [-0.39, 0.29) is 6.42 Å². The standard InChI is InChI=1S/C9H15NO4/c11-7(12)6-9(8(13)14)2-1-4-10-5-3-9/h10H,1-6H2,(H,11,12)(H,13,14). The van der Waals surface area contributed by atoms with Gasteiger partial charge in [-0.1, -0.05) is 0 Å². The first kappa shape index (κ1) is 11.0. The van der Waals surface area contributed by atoms with Gasteiger partial charge in [0.25, 0.3) is 0 Å². The van der Waals surface area contributed by atoms with E-state index in [1.54, 1.807) is 0 Å². The molecule has 0 saturated carbocycles. The molecule has 1 aliphatic heterocycles. The molecule has 1 unspecified atom stereocenters. The van der Waals surface area contributed by atoms with Crippen LogP contribution in [0, 0.1) is 5.41 Å². The summed E-state index contributed by atoms with van der Waals surface area (Å²) in [4.78, 5) is 21.7. The molecule has 14 heavy (non-hydrogen) atoms. The first-order chi connectivity index (χ1) is 6.57. The highest BCUT2D eigenvalue weighted by molar-refractivity contribution is 5.81. The average molecular weight is 201 g/mol. The van der Waals surface area contributed by atoms with E-state index in [0.717, 1.165) is 13.0 Å². The Morgan fingerprint density at radius 2 is 1.93 bits per heavy atom. The van der Waals surface area contributed by atoms with Crippen LogP contribution in [0.4, 0.5) is 0 Å². The Morgan fingerprint density at radius 3 is 2.50 bits per heavy atom. The molecule has 5 nitrogen and oxygen atoms in total. The van der Waals surface area contributed by atoms with E-state index >= 15 is 0 Å². The number of carbonyl (C=O) groups is 2. The molecule has 0 aromatic heterocycles. The van der Waals surface area contributed by atoms with Gasteiger partial charge in [0.2, 0.25) is 0 Å². The van der Waals surface area contributed by atoms with Gasteiger partial charge in [-0.3, -0.25) is 9.59 Å². The molecule has 0 radical (unpaired) electrons. The lowest BCUT2D eigenvalue weighted by Gasteiger charge is -2.25. The van der Waals surface area contributed by atoms with Gasteiger partial charge < -0.3 is 15.5 Å². The van der Waals surface area contributed by atoms with Gasteiger partial charge in [0.1, 0.15) is 0 Å². The molecule has 1 heterocycles. The second-order valence-corrected chi connectivity index (χ2v) is 3.76. The van der Waals surface area contributed by atoms with Gasteiger partial charge in [-0.15, -0.1) is 0 Å². The molecule has 1 atom stereocenters. The number of hydrogen-bond acceptors (Lipinski definition) is 3. The summed E-state index contributed by atoms with van der Waals surface area (Å²) in [6.45, 7) is 1.36. The Bertz CT molecular complexity index is 231. The molecular formula is C9H15NO4. The minimum atomic E-state index is -1.06. The maximum absolute atomic E-state index is 11.1. The Balaban J connectivity index is 2.77. The van der Waals surface area contributed by atoms with Crippen molar-refractivity contribution in [3.8, 4) is 0 Å². The van der Waals surface area contributed by atoms with Crippen molar-refractivity contribution in [2.24, 2.45) is 5.41 Å². The number of nitrogens with one attached hydrogen (secondary N) is 1. The fourth-order valence-electron chi connectivity index (χ4n) is 1.89. The van der Waals surface area contributed by atoms with Crippen LogP contribution in [0.1, 0.15) is 25.7 Å². The topological polar surface area (TPSA) is 86.6 Å². The van der Waals surface area contributed by atoms with E-state index < -0.39 is 17.4 Å². The summed E-state index contributed by atoms with van der Waals surface area (Å²) in [5.74, 6) is -2.02. The minimum absolute atomic E-state index is 0.274. The summed E-state index contributed by atoms with van der Waals surface area (Å²) < 4.78 is 0. The maximum Gasteiger partial charge on any atom is 0.310 e. The largest absolute Gasteiger partial charge is 0.481 e.